The van der Waals surface area contributed by atoms with Crippen molar-refractivity contribution in [3.05, 3.63) is 27.2 Å². The number of hydrogen-bond donors (Lipinski definition) is 1. The Kier molecular flexibility index (Phi) is 3.83. The van der Waals surface area contributed by atoms with E-state index in [2.05, 4.69) is 10.2 Å². The number of nitrogens with one attached hydrogen (secondary N) is 1. The van der Waals surface area contributed by atoms with E-state index in [1.807, 2.05) is 20.8 Å². The van der Waals surface area contributed by atoms with Gasteiger partial charge in [-0.1, -0.05) is 13.8 Å². The highest BCUT2D eigenvalue weighted by Crippen LogP contribution is 2.13. The van der Waals surface area contributed by atoms with Crippen molar-refractivity contribution >= 4 is 0 Å². The van der Waals surface area contributed by atoms with E-state index in [9.17, 15) is 4.79 Å². The summed E-state index contributed by atoms with van der Waals surface area (Å²) in [4.78, 5) is 11.2. The van der Waals surface area contributed by atoms with E-state index >= 15 is 0 Å². The Morgan fingerprint density at radius 3 is 2.71 bits per heavy atom. The summed E-state index contributed by atoms with van der Waals surface area (Å²) in [5.74, 6) is 0. The van der Waals surface area contributed by atoms with Gasteiger partial charge in [-0.05, 0) is 6.92 Å². The smallest absolute Gasteiger partial charge is 0.267 e. The third-order valence-corrected chi connectivity index (χ3v) is 2.14. The van der Waals surface area contributed by atoms with Gasteiger partial charge in [0.15, 0.2) is 0 Å². The number of hydrogen-bond acceptors (Lipinski definition) is 3. The maximum atomic E-state index is 11.2. The largest absolute Gasteiger partial charge is 0.376 e. The molecule has 1 aromatic rings. The Morgan fingerprint density at radius 1 is 1.36 bits per heavy atom. The van der Waals surface area contributed by atoms with Crippen LogP contribution in [0.5, 0.6) is 0 Å². The lowest BCUT2D eigenvalue weighted by molar-refractivity contribution is 0.109. The number of aromatic nitrogens is 2. The van der Waals surface area contributed by atoms with Gasteiger partial charge in [-0.3, -0.25) is 4.79 Å². The first kappa shape index (κ1) is 10.9. The van der Waals surface area contributed by atoms with Crippen LogP contribution in [0, 0.1) is 6.92 Å². The third kappa shape index (κ3) is 2.01. The Hall–Kier alpha value is -1.16. The van der Waals surface area contributed by atoms with E-state index in [0.29, 0.717) is 19.6 Å². The molecule has 0 aromatic carbocycles. The number of H-pyrrole nitrogens is 1. The number of aryl methyl sites for hydroxylation is 1. The number of ether oxygens (including phenoxy) is 1. The molecular weight excluding hydrogens is 180 g/mol. The van der Waals surface area contributed by atoms with Crippen LogP contribution in [0.1, 0.15) is 30.7 Å². The molecule has 78 valence electrons. The minimum atomic E-state index is -0.0705. The van der Waals surface area contributed by atoms with Gasteiger partial charge >= 0.3 is 0 Å². The zero-order valence-corrected chi connectivity index (χ0v) is 8.89. The van der Waals surface area contributed by atoms with Crippen molar-refractivity contribution in [3.8, 4) is 0 Å². The molecule has 2 heterocycles. The lowest BCUT2D eigenvalue weighted by Crippen LogP contribution is -2.24. The van der Waals surface area contributed by atoms with Crippen LogP contribution >= 0.6 is 0 Å². The van der Waals surface area contributed by atoms with Gasteiger partial charge in [-0.25, -0.2) is 5.10 Å². The molecule has 2 rings (SSSR count). The van der Waals surface area contributed by atoms with Gasteiger partial charge in [0.05, 0.1) is 18.9 Å². The van der Waals surface area contributed by atoms with Crippen LogP contribution in [0.3, 0.4) is 0 Å². The molecule has 4 heteroatoms. The normalized spacial score (nSPS) is 13.9. The molecule has 0 radical (unpaired) electrons. The molecule has 0 bridgehead atoms. The van der Waals surface area contributed by atoms with Crippen molar-refractivity contribution in [3.63, 3.8) is 0 Å². The van der Waals surface area contributed by atoms with E-state index in [1.54, 1.807) is 0 Å². The molecule has 0 fully saturated rings. The van der Waals surface area contributed by atoms with Gasteiger partial charge in [0.1, 0.15) is 0 Å². The fourth-order valence-corrected chi connectivity index (χ4v) is 1.43. The average molecular weight is 196 g/mol. The highest BCUT2D eigenvalue weighted by Gasteiger charge is 2.15. The first-order valence-corrected chi connectivity index (χ1v) is 4.94. The molecule has 0 saturated carbocycles. The lowest BCUT2D eigenvalue weighted by Gasteiger charge is -2.15. The van der Waals surface area contributed by atoms with Crippen molar-refractivity contribution in [1.82, 2.24) is 10.2 Å². The molecule has 0 saturated heterocycles. The van der Waals surface area contributed by atoms with Crippen molar-refractivity contribution in [2.24, 2.45) is 0 Å². The summed E-state index contributed by atoms with van der Waals surface area (Å²) in [5.41, 5.74) is 2.60. The van der Waals surface area contributed by atoms with E-state index in [0.717, 1.165) is 16.8 Å². The molecule has 1 N–H and O–H groups in total. The van der Waals surface area contributed by atoms with E-state index in [4.69, 9.17) is 4.74 Å². The second-order valence-electron chi connectivity index (χ2n) is 2.90. The summed E-state index contributed by atoms with van der Waals surface area (Å²) in [6, 6.07) is 0. The molecule has 14 heavy (non-hydrogen) atoms. The van der Waals surface area contributed by atoms with Gasteiger partial charge in [0.25, 0.3) is 5.56 Å². The predicted molar refractivity (Wildman–Crippen MR) is 54.3 cm³/mol. The molecule has 0 aliphatic carbocycles. The first-order valence-electron chi connectivity index (χ1n) is 4.94. The molecule has 0 amide bonds. The van der Waals surface area contributed by atoms with Crippen LogP contribution in [-0.4, -0.2) is 16.8 Å². The average Bonchev–Trinajstić information content (AvgIpc) is 2.27. The monoisotopic (exact) mass is 196 g/mol. The van der Waals surface area contributed by atoms with Gasteiger partial charge in [-0.2, -0.15) is 5.10 Å². The summed E-state index contributed by atoms with van der Waals surface area (Å²) in [6.45, 7) is 7.04. The summed E-state index contributed by atoms with van der Waals surface area (Å²) in [6.07, 6.45) is 0.702. The minimum absolute atomic E-state index is 0.0705. The van der Waals surface area contributed by atoms with Crippen LogP contribution in [0.2, 0.25) is 0 Å². The molecule has 1 aliphatic rings. The highest BCUT2D eigenvalue weighted by molar-refractivity contribution is 5.27. The minimum Gasteiger partial charge on any atom is -0.376 e. The van der Waals surface area contributed by atoms with Crippen LogP contribution in [0.4, 0.5) is 0 Å². The van der Waals surface area contributed by atoms with Gasteiger partial charge < -0.3 is 4.74 Å². The predicted octanol–water partition coefficient (Wildman–Crippen LogP) is 1.18. The van der Waals surface area contributed by atoms with Crippen LogP contribution in [0.15, 0.2) is 4.79 Å². The standard InChI is InChI=1S/C8H10N2O2.C2H6/c1-5-7-4-12-3-2-6(7)8(11)10-9-5;1-2/h2-4H2,1H3,(H,10,11);1-2H3. The SMILES string of the molecule is CC.Cc1n[nH]c(=O)c2c1COCC2. The quantitative estimate of drug-likeness (QED) is 0.677. The first-order chi connectivity index (χ1) is 6.79. The highest BCUT2D eigenvalue weighted by atomic mass is 16.5. The molecule has 0 atom stereocenters. The Labute approximate surface area is 83.3 Å². The topological polar surface area (TPSA) is 55.0 Å². The second-order valence-corrected chi connectivity index (χ2v) is 2.90. The zero-order valence-electron chi connectivity index (χ0n) is 8.89. The number of aromatic amines is 1. The van der Waals surface area contributed by atoms with Crippen molar-refractivity contribution in [2.75, 3.05) is 6.61 Å². The number of nitrogens with zero attached hydrogens (tertiary/aromatic N) is 1. The summed E-state index contributed by atoms with van der Waals surface area (Å²) in [7, 11) is 0. The van der Waals surface area contributed by atoms with E-state index < -0.39 is 0 Å². The van der Waals surface area contributed by atoms with Crippen molar-refractivity contribution < 1.29 is 4.74 Å². The maximum absolute atomic E-state index is 11.2. The van der Waals surface area contributed by atoms with E-state index in [-0.39, 0.29) is 5.56 Å². The van der Waals surface area contributed by atoms with Crippen molar-refractivity contribution in [1.29, 1.82) is 0 Å². The van der Waals surface area contributed by atoms with Gasteiger partial charge in [-0.15, -0.1) is 0 Å². The Balaban J connectivity index is 0.000000461. The zero-order chi connectivity index (χ0) is 10.6. The molecule has 1 aromatic heterocycles. The van der Waals surface area contributed by atoms with Crippen molar-refractivity contribution in [2.45, 2.75) is 33.8 Å². The molecule has 0 spiro atoms. The summed E-state index contributed by atoms with van der Waals surface area (Å²) >= 11 is 0. The van der Waals surface area contributed by atoms with Gasteiger partial charge in [0, 0.05) is 17.5 Å². The number of fused-ring (bicyclic) bond motifs is 1. The lowest BCUT2D eigenvalue weighted by atomic mass is 10.1. The fraction of sp³-hybridized carbons (Fsp3) is 0.600. The number of rotatable bonds is 0. The third-order valence-electron chi connectivity index (χ3n) is 2.14. The Morgan fingerprint density at radius 2 is 2.07 bits per heavy atom. The molecular formula is C10H16N2O2. The maximum Gasteiger partial charge on any atom is 0.267 e. The van der Waals surface area contributed by atoms with Crippen LogP contribution < -0.4 is 5.56 Å². The Bertz CT molecular complexity index is 358. The molecule has 0 unspecified atom stereocenters. The summed E-state index contributed by atoms with van der Waals surface area (Å²) in [5, 5.41) is 6.34. The fourth-order valence-electron chi connectivity index (χ4n) is 1.43. The second kappa shape index (κ2) is 4.91. The van der Waals surface area contributed by atoms with E-state index in [1.165, 1.54) is 0 Å². The molecule has 4 nitrogen and oxygen atoms in total. The molecule has 1 aliphatic heterocycles. The van der Waals surface area contributed by atoms with Crippen LogP contribution in [0.25, 0.3) is 0 Å². The summed E-state index contributed by atoms with van der Waals surface area (Å²) < 4.78 is 5.24. The van der Waals surface area contributed by atoms with Crippen LogP contribution in [-0.2, 0) is 17.8 Å². The van der Waals surface area contributed by atoms with Gasteiger partial charge in [0.2, 0.25) is 0 Å².